The first kappa shape index (κ1) is 10.1. The van der Waals surface area contributed by atoms with Gasteiger partial charge in [-0.1, -0.05) is 30.0 Å². The van der Waals surface area contributed by atoms with Crippen molar-refractivity contribution in [2.75, 3.05) is 0 Å². The van der Waals surface area contributed by atoms with Gasteiger partial charge in [0, 0.05) is 5.56 Å². The maximum absolute atomic E-state index is 9.71. The molecule has 1 heterocycles. The summed E-state index contributed by atoms with van der Waals surface area (Å²) in [5.74, 6) is 0.266. The van der Waals surface area contributed by atoms with Crippen LogP contribution in [0.5, 0.6) is 5.75 Å². The fourth-order valence-corrected chi connectivity index (χ4v) is 2.23. The summed E-state index contributed by atoms with van der Waals surface area (Å²) >= 11 is 1.41. The van der Waals surface area contributed by atoms with Crippen LogP contribution in [0, 0.1) is 0 Å². The van der Waals surface area contributed by atoms with E-state index in [9.17, 15) is 5.11 Å². The molecule has 3 nitrogen and oxygen atoms in total. The minimum absolute atomic E-state index is 0.266. The molecule has 15 heavy (non-hydrogen) atoms. The SMILES string of the molecule is CCCc1snnc1-c1ccccc1O. The molecule has 0 atom stereocenters. The van der Waals surface area contributed by atoms with Crippen molar-refractivity contribution in [3.8, 4) is 17.0 Å². The lowest BCUT2D eigenvalue weighted by Gasteiger charge is -2.02. The number of phenolic OH excluding ortho intramolecular Hbond substituents is 1. The molecule has 0 aliphatic rings. The van der Waals surface area contributed by atoms with Crippen molar-refractivity contribution in [1.82, 2.24) is 9.59 Å². The van der Waals surface area contributed by atoms with Gasteiger partial charge in [0.15, 0.2) is 0 Å². The van der Waals surface area contributed by atoms with Gasteiger partial charge in [0.1, 0.15) is 11.4 Å². The average Bonchev–Trinajstić information content (AvgIpc) is 2.67. The molecule has 1 aromatic carbocycles. The molecule has 0 fully saturated rings. The van der Waals surface area contributed by atoms with Gasteiger partial charge in [-0.25, -0.2) is 0 Å². The standard InChI is InChI=1S/C11H12N2OS/c1-2-5-10-11(12-13-15-10)8-6-3-4-7-9(8)14/h3-4,6-7,14H,2,5H2,1H3. The molecule has 0 aliphatic heterocycles. The fourth-order valence-electron chi connectivity index (χ4n) is 1.48. The summed E-state index contributed by atoms with van der Waals surface area (Å²) in [7, 11) is 0. The van der Waals surface area contributed by atoms with Gasteiger partial charge in [0.2, 0.25) is 0 Å². The number of para-hydroxylation sites is 1. The number of hydrogen-bond donors (Lipinski definition) is 1. The lowest BCUT2D eigenvalue weighted by molar-refractivity contribution is 0.477. The van der Waals surface area contributed by atoms with Crippen LogP contribution in [0.4, 0.5) is 0 Å². The molecular formula is C11H12N2OS. The van der Waals surface area contributed by atoms with Crippen molar-refractivity contribution in [2.24, 2.45) is 0 Å². The molecule has 0 radical (unpaired) electrons. The van der Waals surface area contributed by atoms with Crippen molar-refractivity contribution in [3.63, 3.8) is 0 Å². The summed E-state index contributed by atoms with van der Waals surface area (Å²) in [4.78, 5) is 1.14. The van der Waals surface area contributed by atoms with E-state index in [1.54, 1.807) is 12.1 Å². The molecule has 78 valence electrons. The Bertz CT molecular complexity index is 453. The third kappa shape index (κ3) is 1.99. The highest BCUT2D eigenvalue weighted by molar-refractivity contribution is 7.06. The molecular weight excluding hydrogens is 208 g/mol. The van der Waals surface area contributed by atoms with Gasteiger partial charge in [-0.15, -0.1) is 5.10 Å². The third-order valence-corrected chi connectivity index (χ3v) is 2.97. The van der Waals surface area contributed by atoms with Gasteiger partial charge < -0.3 is 5.11 Å². The predicted octanol–water partition coefficient (Wildman–Crippen LogP) is 2.86. The molecule has 1 aromatic heterocycles. The Labute approximate surface area is 92.6 Å². The highest BCUT2D eigenvalue weighted by Crippen LogP contribution is 2.31. The van der Waals surface area contributed by atoms with Crippen molar-refractivity contribution in [2.45, 2.75) is 19.8 Å². The Balaban J connectivity index is 2.45. The number of nitrogens with zero attached hydrogens (tertiary/aromatic N) is 2. The molecule has 0 unspecified atom stereocenters. The van der Waals surface area contributed by atoms with E-state index in [0.29, 0.717) is 0 Å². The number of aryl methyl sites for hydroxylation is 1. The number of rotatable bonds is 3. The zero-order chi connectivity index (χ0) is 10.7. The van der Waals surface area contributed by atoms with Crippen LogP contribution in [-0.4, -0.2) is 14.7 Å². The third-order valence-electron chi connectivity index (χ3n) is 2.19. The molecule has 0 bridgehead atoms. The Hall–Kier alpha value is -1.42. The normalized spacial score (nSPS) is 10.5. The molecule has 0 amide bonds. The van der Waals surface area contributed by atoms with Gasteiger partial charge in [-0.05, 0) is 30.1 Å². The van der Waals surface area contributed by atoms with Crippen LogP contribution in [0.15, 0.2) is 24.3 Å². The van der Waals surface area contributed by atoms with Crippen LogP contribution < -0.4 is 0 Å². The fraction of sp³-hybridized carbons (Fsp3) is 0.273. The van der Waals surface area contributed by atoms with Crippen molar-refractivity contribution < 1.29 is 5.11 Å². The second kappa shape index (κ2) is 4.40. The summed E-state index contributed by atoms with van der Waals surface area (Å²) in [5, 5.41) is 13.8. The smallest absolute Gasteiger partial charge is 0.125 e. The topological polar surface area (TPSA) is 46.0 Å². The van der Waals surface area contributed by atoms with Crippen molar-refractivity contribution in [3.05, 3.63) is 29.1 Å². The largest absolute Gasteiger partial charge is 0.507 e. The minimum Gasteiger partial charge on any atom is -0.507 e. The first-order valence-corrected chi connectivity index (χ1v) is 5.70. The zero-order valence-corrected chi connectivity index (χ0v) is 9.29. The Morgan fingerprint density at radius 2 is 2.13 bits per heavy atom. The molecule has 0 saturated heterocycles. The van der Waals surface area contributed by atoms with E-state index < -0.39 is 0 Å². The van der Waals surface area contributed by atoms with Crippen LogP contribution in [-0.2, 0) is 6.42 Å². The van der Waals surface area contributed by atoms with E-state index in [0.717, 1.165) is 29.0 Å². The lowest BCUT2D eigenvalue weighted by atomic mass is 10.1. The van der Waals surface area contributed by atoms with Crippen LogP contribution in [0.1, 0.15) is 18.2 Å². The molecule has 0 spiro atoms. The second-order valence-corrected chi connectivity index (χ2v) is 4.15. The van der Waals surface area contributed by atoms with Crippen LogP contribution >= 0.6 is 11.5 Å². The Morgan fingerprint density at radius 3 is 2.87 bits per heavy atom. The molecule has 0 aliphatic carbocycles. The molecule has 2 rings (SSSR count). The van der Waals surface area contributed by atoms with E-state index in [2.05, 4.69) is 16.5 Å². The first-order chi connectivity index (χ1) is 7.33. The summed E-state index contributed by atoms with van der Waals surface area (Å²) in [6, 6.07) is 7.23. The average molecular weight is 220 g/mol. The number of hydrogen-bond acceptors (Lipinski definition) is 4. The van der Waals surface area contributed by atoms with E-state index in [-0.39, 0.29) is 5.75 Å². The monoisotopic (exact) mass is 220 g/mol. The van der Waals surface area contributed by atoms with Crippen molar-refractivity contribution >= 4 is 11.5 Å². The highest BCUT2D eigenvalue weighted by atomic mass is 32.1. The van der Waals surface area contributed by atoms with Gasteiger partial charge >= 0.3 is 0 Å². The van der Waals surface area contributed by atoms with Gasteiger partial charge in [0.05, 0.1) is 4.88 Å². The Kier molecular flexibility index (Phi) is 2.97. The number of aromatic hydroxyl groups is 1. The summed E-state index contributed by atoms with van der Waals surface area (Å²) in [6.45, 7) is 2.12. The van der Waals surface area contributed by atoms with Crippen molar-refractivity contribution in [1.29, 1.82) is 0 Å². The molecule has 0 saturated carbocycles. The lowest BCUT2D eigenvalue weighted by Crippen LogP contribution is -1.85. The molecule has 2 aromatic rings. The maximum Gasteiger partial charge on any atom is 0.125 e. The minimum atomic E-state index is 0.266. The van der Waals surface area contributed by atoms with Crippen LogP contribution in [0.3, 0.4) is 0 Å². The predicted molar refractivity (Wildman–Crippen MR) is 61.0 cm³/mol. The number of aromatic nitrogens is 2. The van der Waals surface area contributed by atoms with E-state index >= 15 is 0 Å². The van der Waals surface area contributed by atoms with Gasteiger partial charge in [0.25, 0.3) is 0 Å². The summed E-state index contributed by atoms with van der Waals surface area (Å²) < 4.78 is 3.94. The maximum atomic E-state index is 9.71. The van der Waals surface area contributed by atoms with E-state index in [1.165, 1.54) is 11.5 Å². The Morgan fingerprint density at radius 1 is 1.33 bits per heavy atom. The van der Waals surface area contributed by atoms with E-state index in [1.807, 2.05) is 12.1 Å². The van der Waals surface area contributed by atoms with Gasteiger partial charge in [-0.2, -0.15) is 0 Å². The van der Waals surface area contributed by atoms with E-state index in [4.69, 9.17) is 0 Å². The summed E-state index contributed by atoms with van der Waals surface area (Å²) in [5.41, 5.74) is 1.59. The highest BCUT2D eigenvalue weighted by Gasteiger charge is 2.12. The number of phenols is 1. The molecule has 4 heteroatoms. The van der Waals surface area contributed by atoms with Gasteiger partial charge in [-0.3, -0.25) is 0 Å². The number of benzene rings is 1. The first-order valence-electron chi connectivity index (χ1n) is 4.92. The second-order valence-electron chi connectivity index (χ2n) is 3.31. The van der Waals surface area contributed by atoms with Crippen LogP contribution in [0.25, 0.3) is 11.3 Å². The quantitative estimate of drug-likeness (QED) is 0.865. The van der Waals surface area contributed by atoms with Crippen LogP contribution in [0.2, 0.25) is 0 Å². The summed E-state index contributed by atoms with van der Waals surface area (Å²) in [6.07, 6.45) is 2.02. The molecule has 1 N–H and O–H groups in total. The zero-order valence-electron chi connectivity index (χ0n) is 8.47.